The maximum Gasteiger partial charge on any atom is 0.200 e. The van der Waals surface area contributed by atoms with Gasteiger partial charge in [-0.15, -0.1) is 0 Å². The van der Waals surface area contributed by atoms with Crippen molar-refractivity contribution in [2.75, 3.05) is 0 Å². The molecule has 0 aliphatic carbocycles. The first-order chi connectivity index (χ1) is 9.66. The molecule has 1 N–H and O–H groups in total. The minimum absolute atomic E-state index is 0.0641. The Morgan fingerprint density at radius 1 is 1.20 bits per heavy atom. The molecular weight excluding hydrogens is 299 g/mol. The molecule has 0 saturated carbocycles. The maximum absolute atomic E-state index is 13.6. The first kappa shape index (κ1) is 13.0. The zero-order chi connectivity index (χ0) is 14.1. The standard InChI is InChI=1S/C13H8ClFN4S/c14-10-2-1-9(7-11(10)15)19-12(17-18-13(19)20)8-3-5-16-6-4-8/h1-7H,(H,18,20). The quantitative estimate of drug-likeness (QED) is 0.733. The molecule has 3 rings (SSSR count). The largest absolute Gasteiger partial charge is 0.268 e. The van der Waals surface area contributed by atoms with E-state index in [2.05, 4.69) is 15.2 Å². The van der Waals surface area contributed by atoms with Crippen LogP contribution in [0.25, 0.3) is 17.1 Å². The second kappa shape index (κ2) is 5.15. The Kier molecular flexibility index (Phi) is 3.33. The average Bonchev–Trinajstić information content (AvgIpc) is 2.85. The molecule has 0 aliphatic heterocycles. The van der Waals surface area contributed by atoms with Crippen LogP contribution < -0.4 is 0 Å². The Bertz CT molecular complexity index is 813. The molecule has 0 saturated heterocycles. The molecule has 100 valence electrons. The van der Waals surface area contributed by atoms with Gasteiger partial charge in [0.2, 0.25) is 0 Å². The predicted molar refractivity (Wildman–Crippen MR) is 76.9 cm³/mol. The van der Waals surface area contributed by atoms with Crippen LogP contribution in [-0.2, 0) is 0 Å². The van der Waals surface area contributed by atoms with Crippen LogP contribution in [0, 0.1) is 10.6 Å². The third-order valence-electron chi connectivity index (χ3n) is 2.77. The number of hydrogen-bond acceptors (Lipinski definition) is 3. The van der Waals surface area contributed by atoms with Gasteiger partial charge in [-0.1, -0.05) is 11.6 Å². The average molecular weight is 307 g/mol. The second-order valence-corrected chi connectivity index (χ2v) is 4.82. The molecule has 0 aliphatic rings. The van der Waals surface area contributed by atoms with Gasteiger partial charge in [-0.3, -0.25) is 14.6 Å². The van der Waals surface area contributed by atoms with E-state index in [-0.39, 0.29) is 5.02 Å². The van der Waals surface area contributed by atoms with Gasteiger partial charge in [0, 0.05) is 18.0 Å². The normalized spacial score (nSPS) is 10.7. The van der Waals surface area contributed by atoms with Gasteiger partial charge in [-0.05, 0) is 42.5 Å². The van der Waals surface area contributed by atoms with Crippen molar-refractivity contribution in [3.63, 3.8) is 0 Å². The van der Waals surface area contributed by atoms with E-state index in [0.29, 0.717) is 16.3 Å². The van der Waals surface area contributed by atoms with E-state index < -0.39 is 5.82 Å². The van der Waals surface area contributed by atoms with Crippen LogP contribution in [0.1, 0.15) is 0 Å². The van der Waals surface area contributed by atoms with Crippen LogP contribution in [0.5, 0.6) is 0 Å². The lowest BCUT2D eigenvalue weighted by Crippen LogP contribution is -1.98. The zero-order valence-corrected chi connectivity index (χ0v) is 11.6. The van der Waals surface area contributed by atoms with Crippen molar-refractivity contribution in [3.05, 3.63) is 58.3 Å². The minimum Gasteiger partial charge on any atom is -0.268 e. The molecule has 4 nitrogen and oxygen atoms in total. The number of pyridine rings is 1. The van der Waals surface area contributed by atoms with E-state index >= 15 is 0 Å². The van der Waals surface area contributed by atoms with Crippen molar-refractivity contribution in [2.45, 2.75) is 0 Å². The molecule has 7 heteroatoms. The summed E-state index contributed by atoms with van der Waals surface area (Å²) in [6, 6.07) is 8.08. The summed E-state index contributed by atoms with van der Waals surface area (Å²) in [5, 5.41) is 6.95. The van der Waals surface area contributed by atoms with Crippen molar-refractivity contribution in [1.29, 1.82) is 0 Å². The van der Waals surface area contributed by atoms with E-state index in [1.807, 2.05) is 0 Å². The molecule has 0 amide bonds. The summed E-state index contributed by atoms with van der Waals surface area (Å²) >= 11 is 10.9. The smallest absolute Gasteiger partial charge is 0.200 e. The highest BCUT2D eigenvalue weighted by molar-refractivity contribution is 7.71. The summed E-state index contributed by atoms with van der Waals surface area (Å²) in [5.74, 6) is 0.0760. The fourth-order valence-electron chi connectivity index (χ4n) is 1.86. The topological polar surface area (TPSA) is 46.5 Å². The minimum atomic E-state index is -0.507. The zero-order valence-electron chi connectivity index (χ0n) is 10.0. The van der Waals surface area contributed by atoms with Crippen molar-refractivity contribution >= 4 is 23.8 Å². The number of halogens is 2. The van der Waals surface area contributed by atoms with E-state index in [4.69, 9.17) is 23.8 Å². The maximum atomic E-state index is 13.6. The number of aromatic amines is 1. The molecular formula is C13H8ClFN4S. The van der Waals surface area contributed by atoms with Crippen LogP contribution in [-0.4, -0.2) is 19.7 Å². The van der Waals surface area contributed by atoms with Crippen LogP contribution in [0.2, 0.25) is 5.02 Å². The number of H-pyrrole nitrogens is 1. The van der Waals surface area contributed by atoms with Gasteiger partial charge in [0.05, 0.1) is 10.7 Å². The Balaban J connectivity index is 2.22. The van der Waals surface area contributed by atoms with Crippen molar-refractivity contribution < 1.29 is 4.39 Å². The Morgan fingerprint density at radius 3 is 2.65 bits per heavy atom. The molecule has 0 bridgehead atoms. The lowest BCUT2D eigenvalue weighted by atomic mass is 10.2. The molecule has 3 aromatic rings. The first-order valence-corrected chi connectivity index (χ1v) is 6.48. The molecule has 2 aromatic heterocycles. The van der Waals surface area contributed by atoms with Gasteiger partial charge in [-0.2, -0.15) is 5.10 Å². The van der Waals surface area contributed by atoms with E-state index in [9.17, 15) is 4.39 Å². The molecule has 0 spiro atoms. The molecule has 20 heavy (non-hydrogen) atoms. The fraction of sp³-hybridized carbons (Fsp3) is 0. The SMILES string of the molecule is Fc1cc(-n2c(-c3ccncc3)n[nH]c2=S)ccc1Cl. The van der Waals surface area contributed by atoms with Crippen molar-refractivity contribution in [3.8, 4) is 17.1 Å². The molecule has 0 unspecified atom stereocenters. The third-order valence-corrected chi connectivity index (χ3v) is 3.35. The lowest BCUT2D eigenvalue weighted by Gasteiger charge is -2.07. The summed E-state index contributed by atoms with van der Waals surface area (Å²) in [4.78, 5) is 3.96. The summed E-state index contributed by atoms with van der Waals surface area (Å²) in [6.07, 6.45) is 3.31. The van der Waals surface area contributed by atoms with Gasteiger partial charge in [0.1, 0.15) is 5.82 Å². The predicted octanol–water partition coefficient (Wildman–Crippen LogP) is 3.78. The van der Waals surface area contributed by atoms with Gasteiger partial charge in [-0.25, -0.2) is 4.39 Å². The van der Waals surface area contributed by atoms with Crippen LogP contribution >= 0.6 is 23.8 Å². The van der Waals surface area contributed by atoms with E-state index in [0.717, 1.165) is 5.56 Å². The second-order valence-electron chi connectivity index (χ2n) is 4.02. The third kappa shape index (κ3) is 2.23. The molecule has 2 heterocycles. The van der Waals surface area contributed by atoms with Crippen LogP contribution in [0.4, 0.5) is 4.39 Å². The van der Waals surface area contributed by atoms with E-state index in [1.54, 1.807) is 35.2 Å². The Morgan fingerprint density at radius 2 is 1.95 bits per heavy atom. The summed E-state index contributed by atoms with van der Waals surface area (Å²) in [6.45, 7) is 0. The Hall–Kier alpha value is -2.05. The number of hydrogen-bond donors (Lipinski definition) is 1. The molecule has 1 aromatic carbocycles. The fourth-order valence-corrected chi connectivity index (χ4v) is 2.21. The monoisotopic (exact) mass is 306 g/mol. The van der Waals surface area contributed by atoms with Gasteiger partial charge >= 0.3 is 0 Å². The van der Waals surface area contributed by atoms with Crippen molar-refractivity contribution in [2.24, 2.45) is 0 Å². The number of benzene rings is 1. The lowest BCUT2D eigenvalue weighted by molar-refractivity contribution is 0.627. The summed E-state index contributed by atoms with van der Waals surface area (Å²) < 4.78 is 15.6. The number of aromatic nitrogens is 4. The van der Waals surface area contributed by atoms with Crippen molar-refractivity contribution in [1.82, 2.24) is 19.7 Å². The Labute approximate surface area is 123 Å². The van der Waals surface area contributed by atoms with Crippen LogP contribution in [0.3, 0.4) is 0 Å². The molecule has 0 atom stereocenters. The number of nitrogens with zero attached hydrogens (tertiary/aromatic N) is 3. The highest BCUT2D eigenvalue weighted by Crippen LogP contribution is 2.23. The first-order valence-electron chi connectivity index (χ1n) is 5.70. The highest BCUT2D eigenvalue weighted by Gasteiger charge is 2.12. The summed E-state index contributed by atoms with van der Waals surface area (Å²) in [5.41, 5.74) is 1.38. The number of rotatable bonds is 2. The van der Waals surface area contributed by atoms with E-state index in [1.165, 1.54) is 12.1 Å². The van der Waals surface area contributed by atoms with Gasteiger partial charge < -0.3 is 0 Å². The molecule has 0 radical (unpaired) electrons. The van der Waals surface area contributed by atoms with Crippen LogP contribution in [0.15, 0.2) is 42.7 Å². The van der Waals surface area contributed by atoms with Gasteiger partial charge in [0.25, 0.3) is 0 Å². The number of nitrogens with one attached hydrogen (secondary N) is 1. The molecule has 0 fully saturated rings. The van der Waals surface area contributed by atoms with Gasteiger partial charge in [0.15, 0.2) is 10.6 Å². The highest BCUT2D eigenvalue weighted by atomic mass is 35.5. The summed E-state index contributed by atoms with van der Waals surface area (Å²) in [7, 11) is 0.